The molecule has 1 aliphatic heterocycles. The van der Waals surface area contributed by atoms with Crippen molar-refractivity contribution in [2.75, 3.05) is 24.8 Å². The molecule has 1 amide bonds. The maximum absolute atomic E-state index is 13.1. The van der Waals surface area contributed by atoms with Crippen LogP contribution in [0.25, 0.3) is 0 Å². The van der Waals surface area contributed by atoms with Crippen LogP contribution in [0.2, 0.25) is 0 Å². The van der Waals surface area contributed by atoms with E-state index in [4.69, 9.17) is 4.74 Å². The Bertz CT molecular complexity index is 599. The number of halogens is 1. The number of aliphatic imine (C=N–C) groups is 1. The van der Waals surface area contributed by atoms with E-state index in [-0.39, 0.29) is 11.7 Å². The number of anilines is 1. The topological polar surface area (TPSA) is 54.3 Å². The first-order valence-electron chi connectivity index (χ1n) is 8.42. The van der Waals surface area contributed by atoms with Gasteiger partial charge in [0.15, 0.2) is 0 Å². The summed E-state index contributed by atoms with van der Waals surface area (Å²) in [5, 5.41) is 5.78. The highest BCUT2D eigenvalue weighted by molar-refractivity contribution is 6.24. The van der Waals surface area contributed by atoms with Gasteiger partial charge < -0.3 is 4.74 Å². The third-order valence-corrected chi connectivity index (χ3v) is 3.67. The average molecular weight is 333 g/mol. The molecule has 0 radical (unpaired) electrons. The first-order chi connectivity index (χ1) is 11.7. The molecule has 0 unspecified atom stereocenters. The molecule has 1 heterocycles. The van der Waals surface area contributed by atoms with E-state index in [2.05, 4.69) is 10.1 Å². The van der Waals surface area contributed by atoms with Crippen molar-refractivity contribution < 1.29 is 13.9 Å². The number of amides is 1. The van der Waals surface area contributed by atoms with Crippen molar-refractivity contribution in [2.45, 2.75) is 33.1 Å². The summed E-state index contributed by atoms with van der Waals surface area (Å²) in [7, 11) is 0. The van der Waals surface area contributed by atoms with E-state index >= 15 is 0 Å². The highest BCUT2D eigenvalue weighted by Gasteiger charge is 2.34. The van der Waals surface area contributed by atoms with E-state index in [1.807, 2.05) is 13.8 Å². The quantitative estimate of drug-likeness (QED) is 0.513. The minimum absolute atomic E-state index is 0.140. The van der Waals surface area contributed by atoms with E-state index in [9.17, 15) is 9.18 Å². The SMILES string of the molecule is CCCC1=NN(c2ccc(F)cc2)C(=O)[C@H]1C=NCCCOCC. The van der Waals surface area contributed by atoms with Gasteiger partial charge in [0.25, 0.3) is 5.91 Å². The molecule has 130 valence electrons. The van der Waals surface area contributed by atoms with Crippen molar-refractivity contribution in [3.8, 4) is 0 Å². The molecular weight excluding hydrogens is 309 g/mol. The van der Waals surface area contributed by atoms with Crippen molar-refractivity contribution in [1.82, 2.24) is 0 Å². The van der Waals surface area contributed by atoms with Gasteiger partial charge in [0, 0.05) is 26.0 Å². The lowest BCUT2D eigenvalue weighted by Crippen LogP contribution is -2.28. The smallest absolute Gasteiger partial charge is 0.261 e. The summed E-state index contributed by atoms with van der Waals surface area (Å²) in [4.78, 5) is 17.0. The van der Waals surface area contributed by atoms with Crippen molar-refractivity contribution in [1.29, 1.82) is 0 Å². The lowest BCUT2D eigenvalue weighted by atomic mass is 10.0. The Kier molecular flexibility index (Phi) is 7.06. The predicted octanol–water partition coefficient (Wildman–Crippen LogP) is 3.44. The van der Waals surface area contributed by atoms with Crippen LogP contribution in [0.15, 0.2) is 34.4 Å². The van der Waals surface area contributed by atoms with Crippen LogP contribution >= 0.6 is 0 Å². The molecular formula is C18H24FN3O2. The number of ether oxygens (including phenoxy) is 1. The third-order valence-electron chi connectivity index (χ3n) is 3.67. The number of benzene rings is 1. The first-order valence-corrected chi connectivity index (χ1v) is 8.42. The van der Waals surface area contributed by atoms with E-state index in [0.29, 0.717) is 25.4 Å². The van der Waals surface area contributed by atoms with Crippen molar-refractivity contribution >= 4 is 23.5 Å². The minimum atomic E-state index is -0.429. The molecule has 1 aromatic carbocycles. The molecule has 2 rings (SSSR count). The van der Waals surface area contributed by atoms with Gasteiger partial charge in [0.05, 0.1) is 11.4 Å². The van der Waals surface area contributed by atoms with Crippen LogP contribution in [0.1, 0.15) is 33.1 Å². The maximum atomic E-state index is 13.1. The summed E-state index contributed by atoms with van der Waals surface area (Å²) in [6.07, 6.45) is 4.15. The number of hydrogen-bond donors (Lipinski definition) is 0. The largest absolute Gasteiger partial charge is 0.382 e. The van der Waals surface area contributed by atoms with Crippen LogP contribution in [0.5, 0.6) is 0 Å². The molecule has 0 saturated carbocycles. The number of carbonyl (C=O) groups is 1. The molecule has 0 spiro atoms. The Morgan fingerprint density at radius 3 is 2.75 bits per heavy atom. The number of nitrogens with zero attached hydrogens (tertiary/aromatic N) is 3. The van der Waals surface area contributed by atoms with Crippen LogP contribution < -0.4 is 5.01 Å². The van der Waals surface area contributed by atoms with E-state index in [1.165, 1.54) is 17.1 Å². The standard InChI is InChI=1S/C18H24FN3O2/c1-3-6-17-16(13-20-11-5-12-24-4-2)18(23)22(21-17)15-9-7-14(19)8-10-15/h7-10,13,16H,3-6,11-12H2,1-2H3/t16-/m0/s1. The molecule has 1 aromatic rings. The van der Waals surface area contributed by atoms with Crippen LogP contribution in [-0.4, -0.2) is 37.6 Å². The molecule has 0 aliphatic carbocycles. The number of carbonyl (C=O) groups excluding carboxylic acids is 1. The zero-order chi connectivity index (χ0) is 17.4. The van der Waals surface area contributed by atoms with E-state index < -0.39 is 5.92 Å². The van der Waals surface area contributed by atoms with Crippen molar-refractivity contribution in [3.63, 3.8) is 0 Å². The Labute approximate surface area is 142 Å². The zero-order valence-electron chi connectivity index (χ0n) is 14.2. The fourth-order valence-electron chi connectivity index (χ4n) is 2.48. The fourth-order valence-corrected chi connectivity index (χ4v) is 2.48. The number of hydrazone groups is 1. The Balaban J connectivity index is 2.05. The van der Waals surface area contributed by atoms with Crippen LogP contribution in [0, 0.1) is 11.7 Å². The van der Waals surface area contributed by atoms with E-state index in [1.54, 1.807) is 18.3 Å². The summed E-state index contributed by atoms with van der Waals surface area (Å²) in [5.74, 6) is -0.906. The second-order valence-corrected chi connectivity index (χ2v) is 5.55. The van der Waals surface area contributed by atoms with Crippen LogP contribution in [-0.2, 0) is 9.53 Å². The molecule has 0 aromatic heterocycles. The van der Waals surface area contributed by atoms with E-state index in [0.717, 1.165) is 25.0 Å². The molecule has 1 aliphatic rings. The Morgan fingerprint density at radius 2 is 2.08 bits per heavy atom. The molecule has 1 atom stereocenters. The van der Waals surface area contributed by atoms with Gasteiger partial charge in [-0.05, 0) is 44.0 Å². The van der Waals surface area contributed by atoms with Gasteiger partial charge in [-0.15, -0.1) is 0 Å². The second kappa shape index (κ2) is 9.27. The van der Waals surface area contributed by atoms with Gasteiger partial charge in [-0.2, -0.15) is 10.1 Å². The molecule has 0 N–H and O–H groups in total. The number of rotatable bonds is 9. The second-order valence-electron chi connectivity index (χ2n) is 5.55. The highest BCUT2D eigenvalue weighted by atomic mass is 19.1. The van der Waals surface area contributed by atoms with Crippen molar-refractivity contribution in [3.05, 3.63) is 30.1 Å². The van der Waals surface area contributed by atoms with Gasteiger partial charge in [-0.1, -0.05) is 13.3 Å². The molecule has 0 bridgehead atoms. The summed E-state index contributed by atoms with van der Waals surface area (Å²) in [6.45, 7) is 6.00. The molecule has 24 heavy (non-hydrogen) atoms. The van der Waals surface area contributed by atoms with Gasteiger partial charge in [-0.25, -0.2) is 4.39 Å². The fraction of sp³-hybridized carbons (Fsp3) is 0.500. The van der Waals surface area contributed by atoms with Crippen LogP contribution in [0.3, 0.4) is 0 Å². The first kappa shape index (κ1) is 18.3. The highest BCUT2D eigenvalue weighted by Crippen LogP contribution is 2.25. The minimum Gasteiger partial charge on any atom is -0.382 e. The Hall–Kier alpha value is -2.08. The summed E-state index contributed by atoms with van der Waals surface area (Å²) < 4.78 is 18.3. The molecule has 5 nitrogen and oxygen atoms in total. The van der Waals surface area contributed by atoms with Crippen molar-refractivity contribution in [2.24, 2.45) is 16.0 Å². The summed E-state index contributed by atoms with van der Waals surface area (Å²) in [5.41, 5.74) is 1.38. The molecule has 6 heteroatoms. The number of hydrogen-bond acceptors (Lipinski definition) is 4. The molecule has 0 saturated heterocycles. The molecule has 0 fully saturated rings. The maximum Gasteiger partial charge on any atom is 0.261 e. The third kappa shape index (κ3) is 4.71. The lowest BCUT2D eigenvalue weighted by Gasteiger charge is -2.12. The van der Waals surface area contributed by atoms with Crippen LogP contribution in [0.4, 0.5) is 10.1 Å². The van der Waals surface area contributed by atoms with Gasteiger partial charge in [-0.3, -0.25) is 9.79 Å². The van der Waals surface area contributed by atoms with Gasteiger partial charge in [0.2, 0.25) is 0 Å². The normalized spacial score (nSPS) is 17.8. The lowest BCUT2D eigenvalue weighted by molar-refractivity contribution is -0.118. The zero-order valence-corrected chi connectivity index (χ0v) is 14.2. The summed E-state index contributed by atoms with van der Waals surface area (Å²) in [6, 6.07) is 5.77. The average Bonchev–Trinajstić information content (AvgIpc) is 2.88. The van der Waals surface area contributed by atoms with Gasteiger partial charge >= 0.3 is 0 Å². The monoisotopic (exact) mass is 333 g/mol. The predicted molar refractivity (Wildman–Crippen MR) is 94.2 cm³/mol. The summed E-state index contributed by atoms with van der Waals surface area (Å²) >= 11 is 0. The Morgan fingerprint density at radius 1 is 1.33 bits per heavy atom. The van der Waals surface area contributed by atoms with Gasteiger partial charge in [0.1, 0.15) is 11.7 Å².